The second-order valence-corrected chi connectivity index (χ2v) is 5.05. The van der Waals surface area contributed by atoms with Crippen LogP contribution in [-0.2, 0) is 14.3 Å². The molecule has 0 aromatic carbocycles. The van der Waals surface area contributed by atoms with Gasteiger partial charge in [-0.25, -0.2) is 9.59 Å². The van der Waals surface area contributed by atoms with E-state index in [1.807, 2.05) is 0 Å². The van der Waals surface area contributed by atoms with Gasteiger partial charge in [-0.3, -0.25) is 0 Å². The van der Waals surface area contributed by atoms with Crippen LogP contribution in [0.2, 0.25) is 0 Å². The highest BCUT2D eigenvalue weighted by Crippen LogP contribution is 2.19. The van der Waals surface area contributed by atoms with Crippen molar-refractivity contribution in [2.45, 2.75) is 51.7 Å². The van der Waals surface area contributed by atoms with Crippen LogP contribution >= 0.6 is 0 Å². The van der Waals surface area contributed by atoms with Gasteiger partial charge in [0.25, 0.3) is 0 Å². The van der Waals surface area contributed by atoms with Crippen LogP contribution < -0.4 is 5.32 Å². The lowest BCUT2D eigenvalue weighted by Gasteiger charge is -2.31. The highest BCUT2D eigenvalue weighted by atomic mass is 16.6. The molecule has 0 spiro atoms. The molecule has 5 heteroatoms. The number of methoxy groups -OCH3 is 1. The number of hydrogen-bond donors (Lipinski definition) is 1. The van der Waals surface area contributed by atoms with Crippen LogP contribution in [0.1, 0.15) is 40.5 Å². The number of hydrogen-bond acceptors (Lipinski definition) is 4. The summed E-state index contributed by atoms with van der Waals surface area (Å²) < 4.78 is 9.88. The average molecular weight is 257 g/mol. The van der Waals surface area contributed by atoms with Gasteiger partial charge in [0, 0.05) is 0 Å². The van der Waals surface area contributed by atoms with Gasteiger partial charge in [0.15, 0.2) is 0 Å². The largest absolute Gasteiger partial charge is 0.467 e. The molecule has 0 aliphatic carbocycles. The van der Waals surface area contributed by atoms with Gasteiger partial charge in [-0.1, -0.05) is 13.0 Å². The Bertz CT molecular complexity index is 319. The monoisotopic (exact) mass is 257 g/mol. The molecule has 1 atom stereocenters. The first kappa shape index (κ1) is 16.5. The molecule has 0 aromatic heterocycles. The zero-order valence-electron chi connectivity index (χ0n) is 11.8. The molecule has 0 aliphatic rings. The summed E-state index contributed by atoms with van der Waals surface area (Å²) in [6.45, 7) is 10.6. The molecule has 0 bridgehead atoms. The first-order valence-corrected chi connectivity index (χ1v) is 5.91. The van der Waals surface area contributed by atoms with Crippen molar-refractivity contribution in [3.05, 3.63) is 12.7 Å². The number of carbonyl (C=O) groups is 2. The molecule has 0 rings (SSSR count). The summed E-state index contributed by atoms with van der Waals surface area (Å²) >= 11 is 0. The van der Waals surface area contributed by atoms with E-state index in [0.29, 0.717) is 6.42 Å². The normalized spacial score (nSPS) is 14.3. The van der Waals surface area contributed by atoms with Crippen LogP contribution in [0.5, 0.6) is 0 Å². The van der Waals surface area contributed by atoms with Crippen molar-refractivity contribution in [2.24, 2.45) is 0 Å². The van der Waals surface area contributed by atoms with Crippen molar-refractivity contribution in [1.29, 1.82) is 0 Å². The van der Waals surface area contributed by atoms with Crippen molar-refractivity contribution < 1.29 is 19.1 Å². The van der Waals surface area contributed by atoms with E-state index in [2.05, 4.69) is 11.9 Å². The van der Waals surface area contributed by atoms with Crippen molar-refractivity contribution in [3.63, 3.8) is 0 Å². The molecule has 0 radical (unpaired) electrons. The molecule has 0 fully saturated rings. The molecule has 0 saturated carbocycles. The lowest BCUT2D eigenvalue weighted by molar-refractivity contribution is -0.148. The fourth-order valence-corrected chi connectivity index (χ4v) is 1.50. The predicted molar refractivity (Wildman–Crippen MR) is 69.2 cm³/mol. The van der Waals surface area contributed by atoms with Gasteiger partial charge in [0.1, 0.15) is 11.1 Å². The van der Waals surface area contributed by atoms with Crippen molar-refractivity contribution >= 4 is 12.1 Å². The van der Waals surface area contributed by atoms with E-state index in [4.69, 9.17) is 9.47 Å². The number of ether oxygens (including phenoxy) is 2. The standard InChI is InChI=1S/C13H23NO4/c1-7-9-13(8-2,10(15)17-6)14-11(16)18-12(3,4)5/h7H,1,8-9H2,2-6H3,(H,14,16). The van der Waals surface area contributed by atoms with Crippen LogP contribution in [-0.4, -0.2) is 30.3 Å². The Hall–Kier alpha value is -1.52. The van der Waals surface area contributed by atoms with Gasteiger partial charge >= 0.3 is 12.1 Å². The smallest absolute Gasteiger partial charge is 0.408 e. The Morgan fingerprint density at radius 2 is 1.89 bits per heavy atom. The number of rotatable bonds is 5. The summed E-state index contributed by atoms with van der Waals surface area (Å²) in [6.07, 6.45) is 1.61. The Labute approximate surface area is 109 Å². The molecule has 0 aliphatic heterocycles. The molecule has 5 nitrogen and oxygen atoms in total. The van der Waals surface area contributed by atoms with Crippen molar-refractivity contribution in [2.75, 3.05) is 7.11 Å². The van der Waals surface area contributed by atoms with E-state index in [1.54, 1.807) is 33.8 Å². The van der Waals surface area contributed by atoms with E-state index in [0.717, 1.165) is 0 Å². The molecule has 0 heterocycles. The summed E-state index contributed by atoms with van der Waals surface area (Å²) in [7, 11) is 1.28. The van der Waals surface area contributed by atoms with Gasteiger partial charge in [0.05, 0.1) is 7.11 Å². The maximum Gasteiger partial charge on any atom is 0.408 e. The SMILES string of the molecule is C=CCC(CC)(NC(=O)OC(C)(C)C)C(=O)OC. The first-order chi connectivity index (χ1) is 8.20. The van der Waals surface area contributed by atoms with Crippen molar-refractivity contribution in [1.82, 2.24) is 5.32 Å². The fourth-order valence-electron chi connectivity index (χ4n) is 1.50. The summed E-state index contributed by atoms with van der Waals surface area (Å²) in [6, 6.07) is 0. The third-order valence-electron chi connectivity index (χ3n) is 2.41. The van der Waals surface area contributed by atoms with Crippen LogP contribution in [0.3, 0.4) is 0 Å². The maximum atomic E-state index is 11.8. The molecule has 1 unspecified atom stereocenters. The van der Waals surface area contributed by atoms with Crippen molar-refractivity contribution in [3.8, 4) is 0 Å². The molecular formula is C13H23NO4. The number of alkyl carbamates (subject to hydrolysis) is 1. The minimum absolute atomic E-state index is 0.287. The summed E-state index contributed by atoms with van der Waals surface area (Å²) in [5, 5.41) is 2.58. The van der Waals surface area contributed by atoms with E-state index >= 15 is 0 Å². The molecule has 0 aromatic rings. The highest BCUT2D eigenvalue weighted by molar-refractivity contribution is 5.86. The van der Waals surface area contributed by atoms with E-state index in [-0.39, 0.29) is 6.42 Å². The second kappa shape index (κ2) is 6.42. The topological polar surface area (TPSA) is 64.6 Å². The van der Waals surface area contributed by atoms with Gasteiger partial charge in [-0.2, -0.15) is 0 Å². The lowest BCUT2D eigenvalue weighted by atomic mass is 9.92. The molecular weight excluding hydrogens is 234 g/mol. The predicted octanol–water partition coefficient (Wildman–Crippen LogP) is 2.41. The van der Waals surface area contributed by atoms with E-state index < -0.39 is 23.2 Å². The Morgan fingerprint density at radius 3 is 2.22 bits per heavy atom. The van der Waals surface area contributed by atoms with E-state index in [1.165, 1.54) is 7.11 Å². The molecule has 18 heavy (non-hydrogen) atoms. The van der Waals surface area contributed by atoms with Gasteiger partial charge in [-0.15, -0.1) is 6.58 Å². The number of esters is 1. The first-order valence-electron chi connectivity index (χ1n) is 5.91. The molecule has 0 saturated heterocycles. The van der Waals surface area contributed by atoms with Crippen LogP contribution in [0.25, 0.3) is 0 Å². The zero-order chi connectivity index (χ0) is 14.4. The second-order valence-electron chi connectivity index (χ2n) is 5.05. The average Bonchev–Trinajstić information content (AvgIpc) is 2.24. The Kier molecular flexibility index (Phi) is 5.88. The lowest BCUT2D eigenvalue weighted by Crippen LogP contribution is -2.55. The Balaban J connectivity index is 4.94. The maximum absolute atomic E-state index is 11.8. The van der Waals surface area contributed by atoms with Crippen LogP contribution in [0, 0.1) is 0 Å². The highest BCUT2D eigenvalue weighted by Gasteiger charge is 2.39. The fraction of sp³-hybridized carbons (Fsp3) is 0.692. The van der Waals surface area contributed by atoms with Gasteiger partial charge < -0.3 is 14.8 Å². The molecule has 1 amide bonds. The quantitative estimate of drug-likeness (QED) is 0.606. The number of nitrogens with one attached hydrogen (secondary N) is 1. The van der Waals surface area contributed by atoms with Gasteiger partial charge in [-0.05, 0) is 33.6 Å². The minimum atomic E-state index is -1.11. The molecule has 1 N–H and O–H groups in total. The third kappa shape index (κ3) is 4.77. The van der Waals surface area contributed by atoms with Crippen LogP contribution in [0.15, 0.2) is 12.7 Å². The summed E-state index contributed by atoms with van der Waals surface area (Å²) in [5.74, 6) is -0.504. The Morgan fingerprint density at radius 1 is 1.33 bits per heavy atom. The molecule has 104 valence electrons. The van der Waals surface area contributed by atoms with Crippen LogP contribution in [0.4, 0.5) is 4.79 Å². The summed E-state index contributed by atoms with van der Waals surface area (Å²) in [4.78, 5) is 23.6. The minimum Gasteiger partial charge on any atom is -0.467 e. The number of carbonyl (C=O) groups excluding carboxylic acids is 2. The van der Waals surface area contributed by atoms with Gasteiger partial charge in [0.2, 0.25) is 0 Å². The third-order valence-corrected chi connectivity index (χ3v) is 2.41. The number of amides is 1. The van der Waals surface area contributed by atoms with E-state index in [9.17, 15) is 9.59 Å². The summed E-state index contributed by atoms with van der Waals surface area (Å²) in [5.41, 5.74) is -1.73. The zero-order valence-corrected chi connectivity index (χ0v) is 11.8.